The van der Waals surface area contributed by atoms with Crippen LogP contribution in [0.3, 0.4) is 0 Å². The molecule has 7 heteroatoms. The Morgan fingerprint density at radius 2 is 1.64 bits per heavy atom. The van der Waals surface area contributed by atoms with Crippen LogP contribution in [0.4, 0.5) is 0 Å². The van der Waals surface area contributed by atoms with E-state index in [1.165, 1.54) is 12.1 Å². The fourth-order valence-electron chi connectivity index (χ4n) is 2.14. The van der Waals surface area contributed by atoms with E-state index in [4.69, 9.17) is 16.3 Å². The van der Waals surface area contributed by atoms with E-state index in [0.29, 0.717) is 5.56 Å². The zero-order valence-corrected chi connectivity index (χ0v) is 15.4. The highest BCUT2D eigenvalue weighted by atomic mass is 35.5. The molecule has 0 saturated carbocycles. The van der Waals surface area contributed by atoms with Crippen LogP contribution in [0.25, 0.3) is 0 Å². The number of ketones is 1. The first-order valence-corrected chi connectivity index (χ1v) is 9.78. The van der Waals surface area contributed by atoms with Crippen molar-refractivity contribution in [1.82, 2.24) is 0 Å². The summed E-state index contributed by atoms with van der Waals surface area (Å²) in [5.74, 6) is -1.13. The summed E-state index contributed by atoms with van der Waals surface area (Å²) in [6.07, 6.45) is 1.86. The molecule has 2 rings (SSSR count). The van der Waals surface area contributed by atoms with Gasteiger partial charge in [0.15, 0.2) is 22.2 Å². The van der Waals surface area contributed by atoms with Crippen LogP contribution in [-0.2, 0) is 21.0 Å². The molecular formula is C18H17ClO5S. The largest absolute Gasteiger partial charge is 0.454 e. The summed E-state index contributed by atoms with van der Waals surface area (Å²) in [5, 5.41) is 0.0196. The van der Waals surface area contributed by atoms with Crippen molar-refractivity contribution >= 4 is 33.2 Å². The Morgan fingerprint density at radius 1 is 1.04 bits per heavy atom. The fourth-order valence-corrected chi connectivity index (χ4v) is 3.44. The molecule has 0 amide bonds. The lowest BCUT2D eigenvalue weighted by Gasteiger charge is -2.07. The molecule has 0 N–H and O–H groups in total. The maximum Gasteiger partial charge on any atom is 0.338 e. The Balaban J connectivity index is 2.08. The van der Waals surface area contributed by atoms with Crippen LogP contribution in [0.2, 0.25) is 5.02 Å². The Kier molecular flexibility index (Phi) is 5.98. The van der Waals surface area contributed by atoms with E-state index in [-0.39, 0.29) is 21.3 Å². The monoisotopic (exact) mass is 380 g/mol. The van der Waals surface area contributed by atoms with Crippen molar-refractivity contribution in [3.63, 3.8) is 0 Å². The molecule has 2 aromatic rings. The predicted molar refractivity (Wildman–Crippen MR) is 95.0 cm³/mol. The van der Waals surface area contributed by atoms with Gasteiger partial charge in [0.2, 0.25) is 0 Å². The summed E-state index contributed by atoms with van der Waals surface area (Å²) in [6, 6.07) is 10.8. The lowest BCUT2D eigenvalue weighted by Crippen LogP contribution is -2.14. The van der Waals surface area contributed by atoms with Crippen molar-refractivity contribution in [2.75, 3.05) is 12.9 Å². The van der Waals surface area contributed by atoms with Gasteiger partial charge in [-0.15, -0.1) is 0 Å². The molecule has 0 atom stereocenters. The lowest BCUT2D eigenvalue weighted by molar-refractivity contribution is 0.0474. The van der Waals surface area contributed by atoms with E-state index < -0.39 is 22.4 Å². The van der Waals surface area contributed by atoms with Crippen LogP contribution in [0.5, 0.6) is 0 Å². The summed E-state index contributed by atoms with van der Waals surface area (Å²) in [5.41, 5.74) is 1.56. The number of sulfone groups is 1. The zero-order valence-electron chi connectivity index (χ0n) is 13.8. The number of carbonyl (C=O) groups is 2. The minimum absolute atomic E-state index is 0.0129. The van der Waals surface area contributed by atoms with Gasteiger partial charge >= 0.3 is 5.97 Å². The first-order chi connectivity index (χ1) is 11.7. The van der Waals surface area contributed by atoms with Gasteiger partial charge in [0.05, 0.1) is 15.5 Å². The van der Waals surface area contributed by atoms with Crippen LogP contribution in [0.1, 0.15) is 33.2 Å². The number of carbonyl (C=O) groups excluding carboxylic acids is 2. The fraction of sp³-hybridized carbons (Fsp3) is 0.222. The molecule has 0 heterocycles. The second-order valence-corrected chi connectivity index (χ2v) is 7.86. The minimum Gasteiger partial charge on any atom is -0.454 e. The average Bonchev–Trinajstić information content (AvgIpc) is 2.58. The zero-order chi connectivity index (χ0) is 18.6. The molecule has 0 radical (unpaired) electrons. The number of benzene rings is 2. The second kappa shape index (κ2) is 7.80. The van der Waals surface area contributed by atoms with E-state index in [2.05, 4.69) is 0 Å². The van der Waals surface area contributed by atoms with Crippen molar-refractivity contribution in [2.24, 2.45) is 0 Å². The molecule has 0 aliphatic rings. The van der Waals surface area contributed by atoms with E-state index in [1.54, 1.807) is 12.1 Å². The van der Waals surface area contributed by atoms with Crippen molar-refractivity contribution in [3.05, 3.63) is 64.2 Å². The smallest absolute Gasteiger partial charge is 0.338 e. The summed E-state index contributed by atoms with van der Waals surface area (Å²) in [7, 11) is -3.58. The highest BCUT2D eigenvalue weighted by Crippen LogP contribution is 2.23. The molecule has 0 aromatic heterocycles. The first kappa shape index (κ1) is 19.1. The minimum atomic E-state index is -3.58. The standard InChI is InChI=1S/C18H17ClO5S/c1-3-12-4-6-13(7-5-12)16(20)11-24-18(21)14-8-9-15(19)17(10-14)25(2,22)23/h4-10H,3,11H2,1-2H3. The molecule has 132 valence electrons. The van der Waals surface area contributed by atoms with Gasteiger partial charge in [-0.25, -0.2) is 13.2 Å². The number of hydrogen-bond acceptors (Lipinski definition) is 5. The van der Waals surface area contributed by atoms with Gasteiger partial charge in [-0.1, -0.05) is 42.8 Å². The normalized spacial score (nSPS) is 11.2. The molecule has 0 fully saturated rings. The van der Waals surface area contributed by atoms with E-state index >= 15 is 0 Å². The molecule has 0 spiro atoms. The molecule has 2 aromatic carbocycles. The van der Waals surface area contributed by atoms with Gasteiger partial charge in [0, 0.05) is 11.8 Å². The number of ether oxygens (including phenoxy) is 1. The Labute approximate surface area is 151 Å². The van der Waals surface area contributed by atoms with Crippen LogP contribution in [-0.4, -0.2) is 33.0 Å². The van der Waals surface area contributed by atoms with Gasteiger partial charge in [0.25, 0.3) is 0 Å². The van der Waals surface area contributed by atoms with Crippen LogP contribution < -0.4 is 0 Å². The van der Waals surface area contributed by atoms with Crippen LogP contribution in [0, 0.1) is 0 Å². The Hall–Kier alpha value is -2.18. The van der Waals surface area contributed by atoms with E-state index in [0.717, 1.165) is 24.3 Å². The highest BCUT2D eigenvalue weighted by molar-refractivity contribution is 7.90. The molecule has 5 nitrogen and oxygen atoms in total. The molecular weight excluding hydrogens is 364 g/mol. The first-order valence-electron chi connectivity index (χ1n) is 7.51. The van der Waals surface area contributed by atoms with Crippen molar-refractivity contribution in [1.29, 1.82) is 0 Å². The number of Topliss-reactive ketones (excluding diaryl/α,β-unsaturated/α-hetero) is 1. The average molecular weight is 381 g/mol. The number of halogens is 1. The van der Waals surface area contributed by atoms with Gasteiger partial charge in [-0.05, 0) is 30.2 Å². The third kappa shape index (κ3) is 4.90. The summed E-state index contributed by atoms with van der Waals surface area (Å²) in [6.45, 7) is 1.58. The number of rotatable bonds is 6. The second-order valence-electron chi connectivity index (χ2n) is 5.47. The summed E-state index contributed by atoms with van der Waals surface area (Å²) in [4.78, 5) is 24.0. The number of hydrogen-bond donors (Lipinski definition) is 0. The van der Waals surface area contributed by atoms with Crippen molar-refractivity contribution in [3.8, 4) is 0 Å². The van der Waals surface area contributed by atoms with E-state index in [1.807, 2.05) is 19.1 Å². The molecule has 0 bridgehead atoms. The Morgan fingerprint density at radius 3 is 2.20 bits per heavy atom. The topological polar surface area (TPSA) is 77.5 Å². The van der Waals surface area contributed by atoms with Crippen molar-refractivity contribution < 1.29 is 22.7 Å². The molecule has 0 aliphatic carbocycles. The molecule has 0 saturated heterocycles. The lowest BCUT2D eigenvalue weighted by atomic mass is 10.1. The van der Waals surface area contributed by atoms with Gasteiger partial charge < -0.3 is 4.74 Å². The maximum atomic E-state index is 12.1. The molecule has 0 unspecified atom stereocenters. The SMILES string of the molecule is CCc1ccc(C(=O)COC(=O)c2ccc(Cl)c(S(C)(=O)=O)c2)cc1. The third-order valence-corrected chi connectivity index (χ3v) is 5.16. The van der Waals surface area contributed by atoms with Crippen LogP contribution >= 0.6 is 11.6 Å². The Bertz CT molecular complexity index is 902. The number of esters is 1. The quantitative estimate of drug-likeness (QED) is 0.567. The van der Waals surface area contributed by atoms with Crippen molar-refractivity contribution in [2.45, 2.75) is 18.2 Å². The van der Waals surface area contributed by atoms with Gasteiger partial charge in [-0.2, -0.15) is 0 Å². The predicted octanol–water partition coefficient (Wildman–Crippen LogP) is 3.35. The maximum absolute atomic E-state index is 12.1. The summed E-state index contributed by atoms with van der Waals surface area (Å²) < 4.78 is 28.3. The molecule has 0 aliphatic heterocycles. The number of aryl methyl sites for hydroxylation is 1. The third-order valence-electron chi connectivity index (χ3n) is 3.58. The van der Waals surface area contributed by atoms with E-state index in [9.17, 15) is 18.0 Å². The molecule has 25 heavy (non-hydrogen) atoms. The van der Waals surface area contributed by atoms with Gasteiger partial charge in [-0.3, -0.25) is 4.79 Å². The summed E-state index contributed by atoms with van der Waals surface area (Å²) >= 11 is 5.83. The highest BCUT2D eigenvalue weighted by Gasteiger charge is 2.17. The van der Waals surface area contributed by atoms with Gasteiger partial charge in [0.1, 0.15) is 0 Å². The van der Waals surface area contributed by atoms with Crippen LogP contribution in [0.15, 0.2) is 47.4 Å².